The molecule has 31 heavy (non-hydrogen) atoms. The second-order valence-electron chi connectivity index (χ2n) is 7.28. The van der Waals surface area contributed by atoms with Crippen LogP contribution in [0.15, 0.2) is 48.8 Å². The van der Waals surface area contributed by atoms with Crippen LogP contribution in [0.4, 0.5) is 20.3 Å². The molecule has 4 N–H and O–H groups in total. The molecular formula is C22H17F2N5O2. The molecule has 1 unspecified atom stereocenters. The van der Waals surface area contributed by atoms with Crippen LogP contribution >= 0.6 is 0 Å². The number of pyridine rings is 2. The Hall–Kier alpha value is -4.01. The van der Waals surface area contributed by atoms with E-state index in [2.05, 4.69) is 25.6 Å². The van der Waals surface area contributed by atoms with E-state index in [0.717, 1.165) is 17.7 Å². The van der Waals surface area contributed by atoms with Crippen LogP contribution in [0.3, 0.4) is 0 Å². The van der Waals surface area contributed by atoms with E-state index >= 15 is 0 Å². The van der Waals surface area contributed by atoms with Crippen LogP contribution in [0.25, 0.3) is 22.2 Å². The van der Waals surface area contributed by atoms with Crippen molar-refractivity contribution >= 4 is 28.3 Å². The number of halogens is 2. The zero-order chi connectivity index (χ0) is 21.5. The summed E-state index contributed by atoms with van der Waals surface area (Å²) in [7, 11) is 0. The summed E-state index contributed by atoms with van der Waals surface area (Å²) < 4.78 is 28.6. The van der Waals surface area contributed by atoms with Crippen molar-refractivity contribution in [3.63, 3.8) is 0 Å². The number of H-pyrrole nitrogens is 1. The summed E-state index contributed by atoms with van der Waals surface area (Å²) in [5.74, 6) is -1.42. The number of aromatic amines is 1. The number of nitrogens with one attached hydrogen (secondary N) is 3. The lowest BCUT2D eigenvalue weighted by atomic mass is 10.00. The molecule has 7 nitrogen and oxygen atoms in total. The van der Waals surface area contributed by atoms with Crippen LogP contribution in [0, 0.1) is 11.6 Å². The maximum Gasteiger partial charge on any atom is 0.227 e. The van der Waals surface area contributed by atoms with Gasteiger partial charge >= 0.3 is 0 Å². The van der Waals surface area contributed by atoms with Crippen molar-refractivity contribution in [2.45, 2.75) is 12.3 Å². The largest absolute Gasteiger partial charge is 0.494 e. The van der Waals surface area contributed by atoms with Crippen molar-refractivity contribution in [1.82, 2.24) is 20.3 Å². The fourth-order valence-corrected chi connectivity index (χ4v) is 3.83. The van der Waals surface area contributed by atoms with E-state index in [1.54, 1.807) is 18.3 Å². The number of fused-ring (bicyclic) bond motifs is 1. The monoisotopic (exact) mass is 421 g/mol. The second-order valence-corrected chi connectivity index (χ2v) is 7.28. The Bertz CT molecular complexity index is 1280. The number of nitrogens with zero attached hydrogens (tertiary/aromatic N) is 2. The van der Waals surface area contributed by atoms with Crippen molar-refractivity contribution in [2.24, 2.45) is 0 Å². The third-order valence-electron chi connectivity index (χ3n) is 5.35. The third-order valence-corrected chi connectivity index (χ3v) is 5.35. The first-order valence-electron chi connectivity index (χ1n) is 9.67. The molecular weight excluding hydrogens is 404 g/mol. The molecule has 1 saturated heterocycles. The lowest BCUT2D eigenvalue weighted by Gasteiger charge is -2.12. The van der Waals surface area contributed by atoms with Gasteiger partial charge in [0.1, 0.15) is 17.5 Å². The van der Waals surface area contributed by atoms with Gasteiger partial charge in [-0.2, -0.15) is 0 Å². The Morgan fingerprint density at radius 1 is 1.16 bits per heavy atom. The molecule has 1 amide bonds. The minimum absolute atomic E-state index is 0.0212. The molecule has 1 aliphatic heterocycles. The van der Waals surface area contributed by atoms with Crippen molar-refractivity contribution < 1.29 is 18.7 Å². The minimum atomic E-state index is -0.741. The van der Waals surface area contributed by atoms with E-state index in [1.807, 2.05) is 0 Å². The molecule has 0 spiro atoms. The molecule has 3 aromatic heterocycles. The highest BCUT2D eigenvalue weighted by atomic mass is 19.1. The topological polar surface area (TPSA) is 103 Å². The van der Waals surface area contributed by atoms with Gasteiger partial charge in [-0.1, -0.05) is 12.1 Å². The summed E-state index contributed by atoms with van der Waals surface area (Å²) in [6.07, 6.45) is 3.78. The quantitative estimate of drug-likeness (QED) is 0.400. The average molecular weight is 421 g/mol. The van der Waals surface area contributed by atoms with Gasteiger partial charge in [-0.25, -0.2) is 18.7 Å². The third kappa shape index (κ3) is 3.33. The van der Waals surface area contributed by atoms with Crippen LogP contribution in [-0.2, 0) is 4.79 Å². The van der Waals surface area contributed by atoms with Crippen LogP contribution in [0.5, 0.6) is 5.88 Å². The number of rotatable bonds is 4. The number of hydrogen-bond donors (Lipinski definition) is 4. The molecule has 5 rings (SSSR count). The first-order chi connectivity index (χ1) is 15.0. The van der Waals surface area contributed by atoms with Gasteiger partial charge in [0.2, 0.25) is 5.91 Å². The lowest BCUT2D eigenvalue weighted by molar-refractivity contribution is -0.120. The van der Waals surface area contributed by atoms with Crippen LogP contribution in [-0.4, -0.2) is 32.5 Å². The standard InChI is InChI=1S/C22H17F2N5O2/c23-13-2-1-3-14(24)19(13)15-8-16(20-17(28-15)10-27-22(20)31)29-18-5-4-11(9-26-18)12-6-7-25-21(12)30/h1-5,8-10,12,27,31H,6-7H2,(H,25,30)(H,26,29). The predicted octanol–water partition coefficient (Wildman–Crippen LogP) is 3.96. The SMILES string of the molecule is O=C1NCCC1c1ccc(Nc2cc(-c3c(F)cccc3F)nc3c[nH]c(O)c23)nc1. The molecule has 1 atom stereocenters. The van der Waals surface area contributed by atoms with Crippen LogP contribution in [0.2, 0.25) is 0 Å². The van der Waals surface area contributed by atoms with Gasteiger partial charge in [0.15, 0.2) is 5.88 Å². The minimum Gasteiger partial charge on any atom is -0.494 e. The summed E-state index contributed by atoms with van der Waals surface area (Å²) in [5, 5.41) is 16.4. The van der Waals surface area contributed by atoms with Crippen molar-refractivity contribution in [3.05, 3.63) is 66.0 Å². The smallest absolute Gasteiger partial charge is 0.227 e. The number of hydrogen-bond acceptors (Lipinski definition) is 5. The van der Waals surface area contributed by atoms with Gasteiger partial charge in [-0.15, -0.1) is 0 Å². The highest BCUT2D eigenvalue weighted by Gasteiger charge is 2.26. The van der Waals surface area contributed by atoms with Crippen LogP contribution in [0.1, 0.15) is 17.9 Å². The number of carbonyl (C=O) groups is 1. The molecule has 1 aliphatic rings. The highest BCUT2D eigenvalue weighted by Crippen LogP contribution is 2.36. The summed E-state index contributed by atoms with van der Waals surface area (Å²) in [6, 6.07) is 8.57. The maximum absolute atomic E-state index is 14.3. The van der Waals surface area contributed by atoms with E-state index in [1.165, 1.54) is 18.3 Å². The Balaban J connectivity index is 1.55. The van der Waals surface area contributed by atoms with Crippen molar-refractivity contribution in [2.75, 3.05) is 11.9 Å². The second kappa shape index (κ2) is 7.35. The van der Waals surface area contributed by atoms with E-state index in [4.69, 9.17) is 0 Å². The van der Waals surface area contributed by atoms with E-state index in [9.17, 15) is 18.7 Å². The molecule has 0 saturated carbocycles. The number of anilines is 2. The zero-order valence-corrected chi connectivity index (χ0v) is 16.1. The molecule has 9 heteroatoms. The average Bonchev–Trinajstić information content (AvgIpc) is 3.34. The maximum atomic E-state index is 14.3. The molecule has 0 radical (unpaired) electrons. The molecule has 4 heterocycles. The van der Waals surface area contributed by atoms with E-state index in [0.29, 0.717) is 35.4 Å². The zero-order valence-electron chi connectivity index (χ0n) is 16.1. The first-order valence-corrected chi connectivity index (χ1v) is 9.67. The highest BCUT2D eigenvalue weighted by molar-refractivity contribution is 5.99. The predicted molar refractivity (Wildman–Crippen MR) is 111 cm³/mol. The van der Waals surface area contributed by atoms with Gasteiger partial charge in [0, 0.05) is 18.9 Å². The molecule has 0 bridgehead atoms. The Labute approximate surface area is 175 Å². The van der Waals surface area contributed by atoms with Crippen LogP contribution < -0.4 is 10.6 Å². The number of benzene rings is 1. The van der Waals surface area contributed by atoms with E-state index in [-0.39, 0.29) is 29.0 Å². The number of carbonyl (C=O) groups excluding carboxylic acids is 1. The molecule has 0 aliphatic carbocycles. The lowest BCUT2D eigenvalue weighted by Crippen LogP contribution is -2.17. The Morgan fingerprint density at radius 2 is 1.97 bits per heavy atom. The summed E-state index contributed by atoms with van der Waals surface area (Å²) in [6.45, 7) is 0.640. The van der Waals surface area contributed by atoms with Gasteiger partial charge in [-0.3, -0.25) is 4.79 Å². The summed E-state index contributed by atoms with van der Waals surface area (Å²) in [4.78, 5) is 23.2. The molecule has 1 aromatic carbocycles. The Kier molecular flexibility index (Phi) is 4.50. The number of aromatic nitrogens is 3. The number of amides is 1. The first kappa shape index (κ1) is 19.0. The molecule has 1 fully saturated rings. The van der Waals surface area contributed by atoms with Crippen molar-refractivity contribution in [1.29, 1.82) is 0 Å². The Morgan fingerprint density at radius 3 is 2.65 bits per heavy atom. The van der Waals surface area contributed by atoms with Crippen molar-refractivity contribution in [3.8, 4) is 17.1 Å². The van der Waals surface area contributed by atoms with Gasteiger partial charge in [0.05, 0.1) is 33.8 Å². The fourth-order valence-electron chi connectivity index (χ4n) is 3.83. The molecule has 156 valence electrons. The van der Waals surface area contributed by atoms with Gasteiger partial charge in [0.25, 0.3) is 0 Å². The fraction of sp³-hybridized carbons (Fsp3) is 0.136. The number of aromatic hydroxyl groups is 1. The van der Waals surface area contributed by atoms with E-state index < -0.39 is 11.6 Å². The normalized spacial score (nSPS) is 15.9. The molecule has 4 aromatic rings. The summed E-state index contributed by atoms with van der Waals surface area (Å²) in [5.41, 5.74) is 1.33. The van der Waals surface area contributed by atoms with Gasteiger partial charge in [-0.05, 0) is 36.2 Å². The summed E-state index contributed by atoms with van der Waals surface area (Å²) >= 11 is 0. The van der Waals surface area contributed by atoms with Gasteiger partial charge < -0.3 is 20.7 Å².